The Kier molecular flexibility index (Phi) is 5.40. The molecule has 0 heterocycles. The maximum Gasteiger partial charge on any atom is 2.00 e. The first-order valence-corrected chi connectivity index (χ1v) is 2.23. The molecule has 0 amide bonds. The summed E-state index contributed by atoms with van der Waals surface area (Å²) in [7, 11) is -4.61. The van der Waals surface area contributed by atoms with E-state index in [4.69, 9.17) is 18.2 Å². The standard InChI is InChI=1S/Mg.H2O5S.2H/c;1-5-6(2,3)4;;/h;1H,(H,2,3,4);;/q+2;;2*-1. The van der Waals surface area contributed by atoms with Crippen molar-refractivity contribution in [2.24, 2.45) is 0 Å². The van der Waals surface area contributed by atoms with E-state index < -0.39 is 10.4 Å². The van der Waals surface area contributed by atoms with E-state index in [0.29, 0.717) is 0 Å². The van der Waals surface area contributed by atoms with Crippen molar-refractivity contribution in [2.45, 2.75) is 0 Å². The SMILES string of the molecule is O=S(=O)(O)OO.[H-].[H-].[Mg+2]. The second-order valence-electron chi connectivity index (χ2n) is 0.502. The summed E-state index contributed by atoms with van der Waals surface area (Å²) in [6, 6.07) is 0. The van der Waals surface area contributed by atoms with Gasteiger partial charge in [0, 0.05) is 0 Å². The third-order valence-corrected chi connectivity index (χ3v) is 0.283. The van der Waals surface area contributed by atoms with Crippen LogP contribution in [0.2, 0.25) is 0 Å². The van der Waals surface area contributed by atoms with Gasteiger partial charge in [-0.3, -0.25) is 4.55 Å². The molecule has 0 saturated heterocycles. The fourth-order valence-electron chi connectivity index (χ4n) is 0. The van der Waals surface area contributed by atoms with E-state index in [1.807, 2.05) is 0 Å². The predicted molar refractivity (Wildman–Crippen MR) is 23.2 cm³/mol. The maximum absolute atomic E-state index is 9.08. The van der Waals surface area contributed by atoms with E-state index in [1.165, 1.54) is 0 Å². The van der Waals surface area contributed by atoms with Gasteiger partial charge in [-0.25, -0.2) is 5.26 Å². The summed E-state index contributed by atoms with van der Waals surface area (Å²) < 4.78 is 28.0. The Bertz CT molecular complexity index is 117. The molecule has 0 unspecified atom stereocenters. The van der Waals surface area contributed by atoms with Crippen molar-refractivity contribution in [1.82, 2.24) is 0 Å². The van der Waals surface area contributed by atoms with Crippen molar-refractivity contribution in [2.75, 3.05) is 0 Å². The van der Waals surface area contributed by atoms with Crippen LogP contribution in [0.4, 0.5) is 0 Å². The number of rotatable bonds is 1. The van der Waals surface area contributed by atoms with E-state index in [2.05, 4.69) is 4.33 Å². The molecule has 0 aromatic rings. The van der Waals surface area contributed by atoms with Crippen LogP contribution >= 0.6 is 0 Å². The molecule has 0 spiro atoms. The van der Waals surface area contributed by atoms with Crippen molar-refractivity contribution in [3.63, 3.8) is 0 Å². The van der Waals surface area contributed by atoms with E-state index >= 15 is 0 Å². The largest absolute Gasteiger partial charge is 2.00 e. The second-order valence-corrected chi connectivity index (χ2v) is 1.51. The molecule has 2 N–H and O–H groups in total. The van der Waals surface area contributed by atoms with E-state index in [1.54, 1.807) is 0 Å². The Labute approximate surface area is 59.3 Å². The molecule has 0 rings (SSSR count). The van der Waals surface area contributed by atoms with Crippen LogP contribution in [0, 0.1) is 0 Å². The fourth-order valence-corrected chi connectivity index (χ4v) is 0. The summed E-state index contributed by atoms with van der Waals surface area (Å²) in [5, 5.41) is 7.06. The molecule has 0 aliphatic carbocycles. The van der Waals surface area contributed by atoms with Crippen molar-refractivity contribution in [1.29, 1.82) is 0 Å². The van der Waals surface area contributed by atoms with Gasteiger partial charge in [0.05, 0.1) is 0 Å². The first kappa shape index (κ1) is 10.6. The Morgan fingerprint density at radius 1 is 1.57 bits per heavy atom. The van der Waals surface area contributed by atoms with Gasteiger partial charge in [0.15, 0.2) is 0 Å². The van der Waals surface area contributed by atoms with E-state index in [9.17, 15) is 0 Å². The van der Waals surface area contributed by atoms with Gasteiger partial charge in [-0.2, -0.15) is 8.42 Å². The molecule has 0 bridgehead atoms. The minimum atomic E-state index is -4.61. The summed E-state index contributed by atoms with van der Waals surface area (Å²) in [4.78, 5) is 0. The van der Waals surface area contributed by atoms with Crippen LogP contribution in [-0.4, -0.2) is 41.3 Å². The molecule has 0 saturated carbocycles. The van der Waals surface area contributed by atoms with Gasteiger partial charge < -0.3 is 2.85 Å². The summed E-state index contributed by atoms with van der Waals surface area (Å²) in [5.74, 6) is 0. The Morgan fingerprint density at radius 3 is 1.71 bits per heavy atom. The smallest absolute Gasteiger partial charge is 1.00 e. The van der Waals surface area contributed by atoms with Gasteiger partial charge in [0.1, 0.15) is 0 Å². The van der Waals surface area contributed by atoms with Crippen molar-refractivity contribution < 1.29 is 25.4 Å². The molecule has 0 atom stereocenters. The average Bonchev–Trinajstić information content (AvgIpc) is 1.35. The normalized spacial score (nSPS) is 10.0. The predicted octanol–water partition coefficient (Wildman–Crippen LogP) is -0.877. The molecule has 7 heavy (non-hydrogen) atoms. The minimum absolute atomic E-state index is 0. The topological polar surface area (TPSA) is 83.8 Å². The van der Waals surface area contributed by atoms with Crippen LogP contribution in [0.5, 0.6) is 0 Å². The molecular weight excluding hydrogens is 136 g/mol. The molecule has 7 heteroatoms. The van der Waals surface area contributed by atoms with Gasteiger partial charge in [-0.15, -0.1) is 0 Å². The van der Waals surface area contributed by atoms with Crippen LogP contribution in [0.1, 0.15) is 2.85 Å². The third-order valence-electron chi connectivity index (χ3n) is 0.0942. The molecule has 42 valence electrons. The van der Waals surface area contributed by atoms with Gasteiger partial charge >= 0.3 is 33.5 Å². The number of hydrogen-bond acceptors (Lipinski definition) is 4. The molecule has 0 aromatic carbocycles. The van der Waals surface area contributed by atoms with Crippen LogP contribution in [0.25, 0.3) is 0 Å². The number of hydrogen-bond donors (Lipinski definition) is 2. The summed E-state index contributed by atoms with van der Waals surface area (Å²) in [6.45, 7) is 0. The Morgan fingerprint density at radius 2 is 1.71 bits per heavy atom. The van der Waals surface area contributed by atoms with Gasteiger partial charge in [0.25, 0.3) is 0 Å². The van der Waals surface area contributed by atoms with E-state index in [0.717, 1.165) is 0 Å². The van der Waals surface area contributed by atoms with Crippen LogP contribution in [0.15, 0.2) is 0 Å². The molecule has 0 fully saturated rings. The van der Waals surface area contributed by atoms with Crippen LogP contribution in [0.3, 0.4) is 0 Å². The summed E-state index contributed by atoms with van der Waals surface area (Å²) in [5.41, 5.74) is 0. The molecule has 0 aliphatic heterocycles. The van der Waals surface area contributed by atoms with Gasteiger partial charge in [-0.1, -0.05) is 4.33 Å². The first-order valence-electron chi connectivity index (χ1n) is 0.865. The Balaban J connectivity index is -0.0000000417. The van der Waals surface area contributed by atoms with Crippen LogP contribution < -0.4 is 0 Å². The summed E-state index contributed by atoms with van der Waals surface area (Å²) in [6.07, 6.45) is 0. The molecule has 5 nitrogen and oxygen atoms in total. The minimum Gasteiger partial charge on any atom is -1.00 e. The zero-order valence-electron chi connectivity index (χ0n) is 5.23. The van der Waals surface area contributed by atoms with E-state index in [-0.39, 0.29) is 25.9 Å². The third kappa shape index (κ3) is 10.8. The molecule has 0 aliphatic rings. The van der Waals surface area contributed by atoms with Crippen molar-refractivity contribution in [3.05, 3.63) is 0 Å². The summed E-state index contributed by atoms with van der Waals surface area (Å²) >= 11 is 0. The molecular formula is H4MgO5S. The van der Waals surface area contributed by atoms with Gasteiger partial charge in [0.2, 0.25) is 0 Å². The van der Waals surface area contributed by atoms with Crippen LogP contribution in [-0.2, 0) is 14.7 Å². The fraction of sp³-hybridized carbons (Fsp3) is 0. The molecule has 0 aromatic heterocycles. The van der Waals surface area contributed by atoms with Crippen molar-refractivity contribution in [3.8, 4) is 0 Å². The molecule has 0 radical (unpaired) electrons. The Hall–Kier alpha value is 0.596. The second kappa shape index (κ2) is 3.58. The first-order chi connectivity index (χ1) is 2.56. The quantitative estimate of drug-likeness (QED) is 0.214. The van der Waals surface area contributed by atoms with Crippen molar-refractivity contribution >= 4 is 33.5 Å². The average molecular weight is 140 g/mol. The maximum atomic E-state index is 9.08. The zero-order valence-corrected chi connectivity index (χ0v) is 5.47. The monoisotopic (exact) mass is 140 g/mol. The van der Waals surface area contributed by atoms with Gasteiger partial charge in [-0.05, 0) is 0 Å². The zero-order chi connectivity index (χ0) is 5.21.